The van der Waals surface area contributed by atoms with Crippen molar-refractivity contribution in [2.24, 2.45) is 7.05 Å². The molecule has 1 aliphatic rings. The average molecular weight is 367 g/mol. The molecule has 0 saturated heterocycles. The van der Waals surface area contributed by atoms with Gasteiger partial charge in [-0.2, -0.15) is 5.10 Å². The van der Waals surface area contributed by atoms with E-state index in [1.54, 1.807) is 41.2 Å². The zero-order chi connectivity index (χ0) is 19.3. The Morgan fingerprint density at radius 1 is 1.19 bits per heavy atom. The van der Waals surface area contributed by atoms with Crippen molar-refractivity contribution >= 4 is 34.6 Å². The van der Waals surface area contributed by atoms with Crippen molar-refractivity contribution in [2.75, 3.05) is 22.9 Å². The van der Waals surface area contributed by atoms with Gasteiger partial charge in [0.25, 0.3) is 0 Å². The molecule has 1 amide bonds. The number of aryl methyl sites for hydroxylation is 1. The van der Waals surface area contributed by atoms with Crippen LogP contribution >= 0.6 is 0 Å². The first kappa shape index (κ1) is 16.8. The molecule has 4 rings (SSSR count). The number of fused-ring (bicyclic) bond motifs is 2. The lowest BCUT2D eigenvalue weighted by Gasteiger charge is -2.37. The Morgan fingerprint density at radius 2 is 1.96 bits per heavy atom. The fraction of sp³-hybridized carbons (Fsp3) is 0.222. The highest BCUT2D eigenvalue weighted by Gasteiger charge is 2.30. The first-order valence-electron chi connectivity index (χ1n) is 8.41. The number of likely N-dealkylation sites (N-methyl/N-ethyl adjacent to an activating group) is 1. The van der Waals surface area contributed by atoms with Crippen LogP contribution in [0.5, 0.6) is 0 Å². The monoisotopic (exact) mass is 367 g/mol. The van der Waals surface area contributed by atoms with Gasteiger partial charge in [-0.1, -0.05) is 0 Å². The maximum Gasteiger partial charge on any atom is 0.350 e. The number of aromatic carboxylic acids is 1. The Kier molecular flexibility index (Phi) is 3.72. The fourth-order valence-electron chi connectivity index (χ4n) is 3.35. The van der Waals surface area contributed by atoms with Crippen LogP contribution in [-0.2, 0) is 11.8 Å². The second-order valence-corrected chi connectivity index (χ2v) is 6.25. The van der Waals surface area contributed by atoms with Gasteiger partial charge in [0.15, 0.2) is 5.65 Å². The van der Waals surface area contributed by atoms with Crippen molar-refractivity contribution in [3.05, 3.63) is 52.6 Å². The maximum absolute atomic E-state index is 12.6. The molecule has 0 bridgehead atoms. The number of aromatic nitrogens is 3. The van der Waals surface area contributed by atoms with Crippen LogP contribution in [0.1, 0.15) is 17.3 Å². The van der Waals surface area contributed by atoms with E-state index in [-0.39, 0.29) is 23.7 Å². The van der Waals surface area contributed by atoms with Gasteiger partial charge < -0.3 is 14.9 Å². The van der Waals surface area contributed by atoms with E-state index in [0.717, 1.165) is 5.69 Å². The number of amides is 1. The van der Waals surface area contributed by atoms with Crippen LogP contribution in [0.15, 0.2) is 41.3 Å². The third kappa shape index (κ3) is 2.55. The zero-order valence-electron chi connectivity index (χ0n) is 14.8. The molecule has 0 aliphatic carbocycles. The average Bonchev–Trinajstić information content (AvgIpc) is 2.94. The molecule has 0 atom stereocenters. The van der Waals surface area contributed by atoms with Gasteiger partial charge in [0.1, 0.15) is 6.54 Å². The summed E-state index contributed by atoms with van der Waals surface area (Å²) >= 11 is 0. The Balaban J connectivity index is 1.88. The highest BCUT2D eigenvalue weighted by molar-refractivity contribution is 6.06. The topological polar surface area (TPSA) is 100 Å². The molecule has 27 heavy (non-hydrogen) atoms. The van der Waals surface area contributed by atoms with Gasteiger partial charge in [-0.3, -0.25) is 9.20 Å². The molecule has 3 aromatic rings. The number of carbonyl (C=O) groups is 2. The summed E-state index contributed by atoms with van der Waals surface area (Å²) in [6.07, 6.45) is 1.61. The number of hydrogen-bond donors (Lipinski definition) is 1. The number of carboxylic acid groups (broad SMARTS) is 1. The second-order valence-electron chi connectivity index (χ2n) is 6.25. The Morgan fingerprint density at radius 3 is 2.67 bits per heavy atom. The van der Waals surface area contributed by atoms with E-state index in [0.29, 0.717) is 23.6 Å². The van der Waals surface area contributed by atoms with Gasteiger partial charge >= 0.3 is 11.7 Å². The number of nitrogens with zero attached hydrogens (tertiary/aromatic N) is 5. The largest absolute Gasteiger partial charge is 0.478 e. The van der Waals surface area contributed by atoms with Crippen LogP contribution in [0.3, 0.4) is 0 Å². The highest BCUT2D eigenvalue weighted by Crippen LogP contribution is 2.38. The predicted molar refractivity (Wildman–Crippen MR) is 98.9 cm³/mol. The third-order valence-corrected chi connectivity index (χ3v) is 4.68. The molecule has 1 aromatic carbocycles. The number of rotatable bonds is 3. The fourth-order valence-corrected chi connectivity index (χ4v) is 3.35. The van der Waals surface area contributed by atoms with Gasteiger partial charge in [0.05, 0.1) is 16.9 Å². The Hall–Kier alpha value is -3.62. The van der Waals surface area contributed by atoms with Crippen LogP contribution in [0.25, 0.3) is 5.65 Å². The molecule has 0 fully saturated rings. The summed E-state index contributed by atoms with van der Waals surface area (Å²) in [6.45, 7) is 2.40. The molecule has 9 heteroatoms. The Labute approximate surface area is 153 Å². The first-order valence-corrected chi connectivity index (χ1v) is 8.41. The van der Waals surface area contributed by atoms with E-state index in [1.807, 2.05) is 6.92 Å². The highest BCUT2D eigenvalue weighted by atomic mass is 16.4. The summed E-state index contributed by atoms with van der Waals surface area (Å²) in [7, 11) is 1.57. The standard InChI is InChI=1S/C18H17N5O4/c1-3-21-14-8-11(17(25)26)4-5-13(14)23(10-16(21)24)12-6-7-22-15(9-12)19-20(2)18(22)27/h4-9H,3,10H2,1-2H3,(H,25,26). The van der Waals surface area contributed by atoms with Crippen molar-refractivity contribution < 1.29 is 14.7 Å². The molecule has 0 unspecified atom stereocenters. The Bertz CT molecular complexity index is 1150. The van der Waals surface area contributed by atoms with Crippen molar-refractivity contribution in [3.63, 3.8) is 0 Å². The van der Waals surface area contributed by atoms with Crippen molar-refractivity contribution in [3.8, 4) is 0 Å². The van der Waals surface area contributed by atoms with Gasteiger partial charge in [-0.05, 0) is 31.2 Å². The van der Waals surface area contributed by atoms with Crippen LogP contribution in [0.2, 0.25) is 0 Å². The molecule has 1 aliphatic heterocycles. The maximum atomic E-state index is 12.6. The number of pyridine rings is 1. The van der Waals surface area contributed by atoms with E-state index < -0.39 is 5.97 Å². The minimum Gasteiger partial charge on any atom is -0.478 e. The predicted octanol–water partition coefficient (Wildman–Crippen LogP) is 1.24. The van der Waals surface area contributed by atoms with Crippen molar-refractivity contribution in [1.29, 1.82) is 0 Å². The first-order chi connectivity index (χ1) is 12.9. The summed E-state index contributed by atoms with van der Waals surface area (Å²) in [6, 6.07) is 8.18. The van der Waals surface area contributed by atoms with Gasteiger partial charge in [0, 0.05) is 31.5 Å². The number of carboxylic acids is 1. The second kappa shape index (κ2) is 5.97. The zero-order valence-corrected chi connectivity index (χ0v) is 14.8. The summed E-state index contributed by atoms with van der Waals surface area (Å²) in [4.78, 5) is 39.3. The normalized spacial score (nSPS) is 13.9. The number of benzene rings is 1. The number of anilines is 3. The van der Waals surface area contributed by atoms with Gasteiger partial charge in [-0.15, -0.1) is 0 Å². The molecule has 9 nitrogen and oxygen atoms in total. The smallest absolute Gasteiger partial charge is 0.350 e. The minimum atomic E-state index is -1.05. The number of carbonyl (C=O) groups excluding carboxylic acids is 1. The van der Waals surface area contributed by atoms with Gasteiger partial charge in [-0.25, -0.2) is 14.3 Å². The minimum absolute atomic E-state index is 0.112. The molecule has 0 radical (unpaired) electrons. The van der Waals surface area contributed by atoms with E-state index in [4.69, 9.17) is 0 Å². The molecule has 1 N–H and O–H groups in total. The molecule has 3 heterocycles. The lowest BCUT2D eigenvalue weighted by Crippen LogP contribution is -2.44. The summed E-state index contributed by atoms with van der Waals surface area (Å²) in [5.41, 5.74) is 2.30. The van der Waals surface area contributed by atoms with Crippen LogP contribution < -0.4 is 15.5 Å². The SMILES string of the molecule is CCN1C(=O)CN(c2ccn3c(=O)n(C)nc3c2)c2ccc(C(=O)O)cc21. The number of hydrogen-bond acceptors (Lipinski definition) is 5. The summed E-state index contributed by atoms with van der Waals surface area (Å²) in [5, 5.41) is 13.5. The molecule has 0 saturated carbocycles. The molecule has 138 valence electrons. The van der Waals surface area contributed by atoms with Crippen molar-refractivity contribution in [1.82, 2.24) is 14.2 Å². The lowest BCUT2D eigenvalue weighted by atomic mass is 10.1. The van der Waals surface area contributed by atoms with Crippen molar-refractivity contribution in [2.45, 2.75) is 6.92 Å². The van der Waals surface area contributed by atoms with Crippen LogP contribution in [0, 0.1) is 0 Å². The van der Waals surface area contributed by atoms with Crippen LogP contribution in [-0.4, -0.2) is 44.3 Å². The summed E-state index contributed by atoms with van der Waals surface area (Å²) in [5.74, 6) is -1.18. The molecular weight excluding hydrogens is 350 g/mol. The van der Waals surface area contributed by atoms with E-state index in [9.17, 15) is 19.5 Å². The van der Waals surface area contributed by atoms with E-state index in [1.165, 1.54) is 21.2 Å². The van der Waals surface area contributed by atoms with Gasteiger partial charge in [0.2, 0.25) is 5.91 Å². The summed E-state index contributed by atoms with van der Waals surface area (Å²) < 4.78 is 2.66. The van der Waals surface area contributed by atoms with E-state index in [2.05, 4.69) is 5.10 Å². The van der Waals surface area contributed by atoms with E-state index >= 15 is 0 Å². The molecule has 0 spiro atoms. The quantitative estimate of drug-likeness (QED) is 0.747. The lowest BCUT2D eigenvalue weighted by molar-refractivity contribution is -0.117. The molecular formula is C18H17N5O4. The van der Waals surface area contributed by atoms with Crippen LogP contribution in [0.4, 0.5) is 17.1 Å². The third-order valence-electron chi connectivity index (χ3n) is 4.68. The molecule has 2 aromatic heterocycles.